The predicted octanol–water partition coefficient (Wildman–Crippen LogP) is 3.87. The fraction of sp³-hybridized carbons (Fsp3) is 0.577. The molecule has 4 fully saturated rings. The molecule has 0 radical (unpaired) electrons. The zero-order chi connectivity index (χ0) is 23.5. The molecule has 2 aromatic rings. The van der Waals surface area contributed by atoms with Crippen LogP contribution in [0.2, 0.25) is 0 Å². The first kappa shape index (κ1) is 23.4. The molecule has 180 valence electrons. The van der Waals surface area contributed by atoms with Crippen LogP contribution in [0.1, 0.15) is 43.2 Å². The van der Waals surface area contributed by atoms with Crippen LogP contribution in [-0.4, -0.2) is 47.1 Å². The average Bonchev–Trinajstić information content (AvgIpc) is 2.85. The maximum absolute atomic E-state index is 9.64. The van der Waals surface area contributed by atoms with E-state index in [1.807, 2.05) is 12.1 Å². The van der Waals surface area contributed by atoms with Crippen LogP contribution in [0.15, 0.2) is 35.4 Å². The fourth-order valence-corrected chi connectivity index (χ4v) is 7.57. The third-order valence-electron chi connectivity index (χ3n) is 8.06. The van der Waals surface area contributed by atoms with Crippen molar-refractivity contribution >= 4 is 23.5 Å². The molecule has 1 heterocycles. The van der Waals surface area contributed by atoms with Crippen LogP contribution in [0.25, 0.3) is 0 Å². The molecule has 6 rings (SSSR count). The number of nitrogens with one attached hydrogen (secondary N) is 3. The van der Waals surface area contributed by atoms with E-state index in [0.717, 1.165) is 12.5 Å². The highest BCUT2D eigenvalue weighted by atomic mass is 32.2. The number of hydrogen-bond donors (Lipinski definition) is 4. The first-order chi connectivity index (χ1) is 16.6. The molecule has 34 heavy (non-hydrogen) atoms. The second-order valence-electron chi connectivity index (χ2n) is 10.3. The Hall–Kier alpha value is -2.34. The minimum atomic E-state index is 0.204. The lowest BCUT2D eigenvalue weighted by atomic mass is 9.48. The van der Waals surface area contributed by atoms with E-state index in [1.165, 1.54) is 42.6 Å². The van der Waals surface area contributed by atoms with E-state index in [9.17, 15) is 10.4 Å². The summed E-state index contributed by atoms with van der Waals surface area (Å²) in [4.78, 5) is 10.3. The smallest absolute Gasteiger partial charge is 0.224 e. The third kappa shape index (κ3) is 4.74. The predicted molar refractivity (Wildman–Crippen MR) is 136 cm³/mol. The van der Waals surface area contributed by atoms with Crippen molar-refractivity contribution in [3.63, 3.8) is 0 Å². The van der Waals surface area contributed by atoms with Gasteiger partial charge in [-0.3, -0.25) is 0 Å². The molecule has 0 spiro atoms. The van der Waals surface area contributed by atoms with Crippen LogP contribution >= 0.6 is 11.8 Å². The van der Waals surface area contributed by atoms with Crippen molar-refractivity contribution in [3.8, 4) is 6.07 Å². The molecule has 4 saturated carbocycles. The molecule has 1 unspecified atom stereocenters. The van der Waals surface area contributed by atoms with Crippen molar-refractivity contribution in [1.29, 1.82) is 5.26 Å². The standard InChI is InChI=1S/C26H34N6OS/c1-34-22-5-3-2-4-18(22)14-29-25-30-15-21(13-27)24(32-25)31-16-26-10-17-8-19(11-26)23(28-6-7-33)20(9-17)12-26/h2-5,15,17,19-20,23,28,33H,6-12,14,16H2,1H3,(H2,29,30,31,32)/t17?,19-,20+,23-,26+. The van der Waals surface area contributed by atoms with E-state index < -0.39 is 0 Å². The Morgan fingerprint density at radius 3 is 2.71 bits per heavy atom. The van der Waals surface area contributed by atoms with Gasteiger partial charge in [0.15, 0.2) is 0 Å². The maximum Gasteiger partial charge on any atom is 0.224 e. The van der Waals surface area contributed by atoms with Gasteiger partial charge in [-0.1, -0.05) is 18.2 Å². The molecule has 4 N–H and O–H groups in total. The maximum atomic E-state index is 9.64. The lowest BCUT2D eigenvalue weighted by Gasteiger charge is -2.60. The van der Waals surface area contributed by atoms with Crippen molar-refractivity contribution in [2.75, 3.05) is 36.6 Å². The van der Waals surface area contributed by atoms with Crippen LogP contribution in [0.5, 0.6) is 0 Å². The molecule has 8 heteroatoms. The SMILES string of the molecule is CSc1ccccc1CNc1ncc(C#N)c(NC[C@@]23CC4C[C@H](C2)[C@@H](NCCO)[C@@H](C4)C3)n1. The fourth-order valence-electron chi connectivity index (χ4n) is 6.95. The summed E-state index contributed by atoms with van der Waals surface area (Å²) >= 11 is 1.73. The number of aliphatic hydroxyl groups excluding tert-OH is 1. The van der Waals surface area contributed by atoms with Gasteiger partial charge in [-0.05, 0) is 73.2 Å². The summed E-state index contributed by atoms with van der Waals surface area (Å²) in [5, 5.41) is 29.4. The second kappa shape index (κ2) is 10.1. The first-order valence-corrected chi connectivity index (χ1v) is 13.6. The van der Waals surface area contributed by atoms with Gasteiger partial charge >= 0.3 is 0 Å². The summed E-state index contributed by atoms with van der Waals surface area (Å²) in [5.41, 5.74) is 1.97. The lowest BCUT2D eigenvalue weighted by Crippen LogP contribution is -2.60. The number of nitriles is 1. The molecule has 0 amide bonds. The lowest BCUT2D eigenvalue weighted by molar-refractivity contribution is -0.0698. The van der Waals surface area contributed by atoms with Crippen LogP contribution in [-0.2, 0) is 6.54 Å². The Bertz CT molecular complexity index is 1040. The highest BCUT2D eigenvalue weighted by Crippen LogP contribution is 2.60. The molecule has 4 aliphatic rings. The molecule has 5 atom stereocenters. The number of aliphatic hydroxyl groups is 1. The summed E-state index contributed by atoms with van der Waals surface area (Å²) in [6, 6.07) is 11.1. The Balaban J connectivity index is 1.26. The first-order valence-electron chi connectivity index (χ1n) is 12.3. The van der Waals surface area contributed by atoms with Crippen molar-refractivity contribution in [1.82, 2.24) is 15.3 Å². The molecular formula is C26H34N6OS. The Morgan fingerprint density at radius 1 is 1.18 bits per heavy atom. The number of anilines is 2. The van der Waals surface area contributed by atoms with Gasteiger partial charge in [0.2, 0.25) is 5.95 Å². The number of thioether (sulfide) groups is 1. The van der Waals surface area contributed by atoms with Crippen molar-refractivity contribution in [2.45, 2.75) is 49.6 Å². The van der Waals surface area contributed by atoms with Crippen molar-refractivity contribution < 1.29 is 5.11 Å². The van der Waals surface area contributed by atoms with Gasteiger partial charge in [0, 0.05) is 30.6 Å². The van der Waals surface area contributed by atoms with Gasteiger partial charge in [-0.25, -0.2) is 4.98 Å². The highest BCUT2D eigenvalue weighted by molar-refractivity contribution is 7.98. The highest BCUT2D eigenvalue weighted by Gasteiger charge is 2.54. The van der Waals surface area contributed by atoms with Crippen LogP contribution in [0.3, 0.4) is 0 Å². The van der Waals surface area contributed by atoms with Crippen molar-refractivity contribution in [3.05, 3.63) is 41.6 Å². The molecule has 0 saturated heterocycles. The molecule has 1 aromatic heterocycles. The van der Waals surface area contributed by atoms with E-state index in [2.05, 4.69) is 50.4 Å². The molecule has 4 bridgehead atoms. The van der Waals surface area contributed by atoms with E-state index in [-0.39, 0.29) is 12.0 Å². The third-order valence-corrected chi connectivity index (χ3v) is 8.90. The number of aromatic nitrogens is 2. The normalized spacial score (nSPS) is 29.1. The van der Waals surface area contributed by atoms with E-state index in [1.54, 1.807) is 18.0 Å². The van der Waals surface area contributed by atoms with E-state index in [0.29, 0.717) is 48.3 Å². The minimum Gasteiger partial charge on any atom is -0.395 e. The number of rotatable bonds is 10. The summed E-state index contributed by atoms with van der Waals surface area (Å²) in [6.45, 7) is 2.39. The monoisotopic (exact) mass is 478 g/mol. The summed E-state index contributed by atoms with van der Waals surface area (Å²) in [6.07, 6.45) is 10.00. The molecular weight excluding hydrogens is 444 g/mol. The van der Waals surface area contributed by atoms with Crippen LogP contribution < -0.4 is 16.0 Å². The number of nitrogens with zero attached hydrogens (tertiary/aromatic N) is 3. The topological polar surface area (TPSA) is 106 Å². The van der Waals surface area contributed by atoms with Gasteiger partial charge < -0.3 is 21.1 Å². The van der Waals surface area contributed by atoms with Crippen LogP contribution in [0.4, 0.5) is 11.8 Å². The van der Waals surface area contributed by atoms with Gasteiger partial charge in [0.25, 0.3) is 0 Å². The summed E-state index contributed by atoms with van der Waals surface area (Å²) in [5.74, 6) is 3.35. The average molecular weight is 479 g/mol. The van der Waals surface area contributed by atoms with Gasteiger partial charge in [0.05, 0.1) is 12.8 Å². The van der Waals surface area contributed by atoms with Crippen LogP contribution in [0, 0.1) is 34.5 Å². The Labute approximate surface area is 206 Å². The number of benzene rings is 1. The molecule has 1 aromatic carbocycles. The minimum absolute atomic E-state index is 0.204. The zero-order valence-electron chi connectivity index (χ0n) is 19.8. The molecule has 0 aliphatic heterocycles. The van der Waals surface area contributed by atoms with Crippen molar-refractivity contribution in [2.24, 2.45) is 23.2 Å². The van der Waals surface area contributed by atoms with Gasteiger partial charge in [-0.15, -0.1) is 11.8 Å². The Kier molecular flexibility index (Phi) is 6.96. The Morgan fingerprint density at radius 2 is 1.97 bits per heavy atom. The quantitative estimate of drug-likeness (QED) is 0.381. The van der Waals surface area contributed by atoms with E-state index in [4.69, 9.17) is 0 Å². The summed E-state index contributed by atoms with van der Waals surface area (Å²) in [7, 11) is 0. The molecule has 4 aliphatic carbocycles. The van der Waals surface area contributed by atoms with Gasteiger partial charge in [0.1, 0.15) is 17.5 Å². The summed E-state index contributed by atoms with van der Waals surface area (Å²) < 4.78 is 0. The number of hydrogen-bond acceptors (Lipinski definition) is 8. The second-order valence-corrected chi connectivity index (χ2v) is 11.1. The zero-order valence-corrected chi connectivity index (χ0v) is 20.6. The van der Waals surface area contributed by atoms with E-state index >= 15 is 0 Å². The van der Waals surface area contributed by atoms with Gasteiger partial charge in [-0.2, -0.15) is 10.2 Å². The largest absolute Gasteiger partial charge is 0.395 e. The molecule has 7 nitrogen and oxygen atoms in total.